The molecule has 1 atom stereocenters. The topological polar surface area (TPSA) is 87.7 Å². The molecule has 3 rings (SSSR count). The average molecular weight is 506 g/mol. The second kappa shape index (κ2) is 12.9. The average Bonchev–Trinajstić information content (AvgIpc) is 3.16. The normalized spacial score (nSPS) is 14.6. The second-order valence-corrected chi connectivity index (χ2v) is 10.2. The van der Waals surface area contributed by atoms with Gasteiger partial charge < -0.3 is 20.3 Å². The number of nitrogens with one attached hydrogen (secondary N) is 2. The number of halogens is 1. The van der Waals surface area contributed by atoms with Crippen molar-refractivity contribution in [1.29, 1.82) is 0 Å². The standard InChI is InChI=1S/C25H32ClN3O4S/c1-3-33-23(30)7-5-4-6-20(28-25(32)21-10-11-22(26)34-21)24(31)27-19-9-8-17-12-14-29(2)15-13-18(17)16-19/h8-11,16,20H,3-7,12-15H2,1-2H3,(H,27,31)(H,28,32). The third-order valence-electron chi connectivity index (χ3n) is 5.85. The molecule has 9 heteroatoms. The minimum Gasteiger partial charge on any atom is -0.466 e. The summed E-state index contributed by atoms with van der Waals surface area (Å²) in [6.07, 6.45) is 3.79. The molecule has 0 saturated carbocycles. The zero-order valence-electron chi connectivity index (χ0n) is 19.7. The molecule has 0 saturated heterocycles. The van der Waals surface area contributed by atoms with Crippen LogP contribution < -0.4 is 10.6 Å². The van der Waals surface area contributed by atoms with Crippen molar-refractivity contribution in [2.75, 3.05) is 32.1 Å². The third-order valence-corrected chi connectivity index (χ3v) is 7.08. The van der Waals surface area contributed by atoms with E-state index in [-0.39, 0.29) is 24.2 Å². The first kappa shape index (κ1) is 26.2. The van der Waals surface area contributed by atoms with Crippen LogP contribution in [0.1, 0.15) is 53.4 Å². The maximum atomic E-state index is 13.2. The highest BCUT2D eigenvalue weighted by molar-refractivity contribution is 7.18. The molecule has 0 spiro atoms. The highest BCUT2D eigenvalue weighted by Crippen LogP contribution is 2.23. The molecule has 7 nitrogen and oxygen atoms in total. The number of ether oxygens (including phenoxy) is 1. The molecule has 2 N–H and O–H groups in total. The van der Waals surface area contributed by atoms with E-state index in [1.54, 1.807) is 19.1 Å². The van der Waals surface area contributed by atoms with Crippen molar-refractivity contribution >= 4 is 46.4 Å². The summed E-state index contributed by atoms with van der Waals surface area (Å²) in [5.74, 6) is -0.873. The largest absolute Gasteiger partial charge is 0.466 e. The van der Waals surface area contributed by atoms with Crippen LogP contribution in [0.3, 0.4) is 0 Å². The fourth-order valence-electron chi connectivity index (χ4n) is 3.93. The van der Waals surface area contributed by atoms with Gasteiger partial charge in [-0.2, -0.15) is 0 Å². The van der Waals surface area contributed by atoms with Crippen LogP contribution in [0.4, 0.5) is 5.69 Å². The predicted molar refractivity (Wildman–Crippen MR) is 136 cm³/mol. The Morgan fingerprint density at radius 3 is 2.59 bits per heavy atom. The Bertz CT molecular complexity index is 1010. The van der Waals surface area contributed by atoms with E-state index in [0.29, 0.717) is 35.1 Å². The van der Waals surface area contributed by atoms with Crippen molar-refractivity contribution < 1.29 is 19.1 Å². The minimum atomic E-state index is -0.736. The van der Waals surface area contributed by atoms with Crippen LogP contribution in [0, 0.1) is 0 Å². The molecule has 34 heavy (non-hydrogen) atoms. The van der Waals surface area contributed by atoms with Crippen molar-refractivity contribution in [2.45, 2.75) is 51.5 Å². The van der Waals surface area contributed by atoms with E-state index in [2.05, 4.69) is 28.6 Å². The van der Waals surface area contributed by atoms with Gasteiger partial charge in [0.1, 0.15) is 6.04 Å². The van der Waals surface area contributed by atoms with E-state index in [4.69, 9.17) is 16.3 Å². The van der Waals surface area contributed by atoms with E-state index in [0.717, 1.165) is 31.6 Å². The van der Waals surface area contributed by atoms with Gasteiger partial charge in [-0.15, -0.1) is 11.3 Å². The molecule has 2 heterocycles. The molecule has 1 aromatic heterocycles. The smallest absolute Gasteiger partial charge is 0.305 e. The number of esters is 1. The van der Waals surface area contributed by atoms with E-state index in [1.165, 1.54) is 22.5 Å². The Morgan fingerprint density at radius 2 is 1.88 bits per heavy atom. The number of unbranched alkanes of at least 4 members (excludes halogenated alkanes) is 1. The first-order valence-corrected chi connectivity index (χ1v) is 12.9. The van der Waals surface area contributed by atoms with Crippen LogP contribution in [-0.4, -0.2) is 55.5 Å². The Kier molecular flexibility index (Phi) is 9.92. The number of amides is 2. The summed E-state index contributed by atoms with van der Waals surface area (Å²) in [6, 6.07) is 8.58. The van der Waals surface area contributed by atoms with Gasteiger partial charge in [-0.3, -0.25) is 14.4 Å². The number of carbonyl (C=O) groups excluding carboxylic acids is 3. The molecule has 0 bridgehead atoms. The van der Waals surface area contributed by atoms with Crippen LogP contribution in [0.2, 0.25) is 4.34 Å². The van der Waals surface area contributed by atoms with Gasteiger partial charge in [-0.25, -0.2) is 0 Å². The SMILES string of the molecule is CCOC(=O)CCCCC(NC(=O)c1ccc(Cl)s1)C(=O)Nc1ccc2c(c1)CCN(C)CC2. The Morgan fingerprint density at radius 1 is 1.12 bits per heavy atom. The van der Waals surface area contributed by atoms with Crippen molar-refractivity contribution in [3.63, 3.8) is 0 Å². The van der Waals surface area contributed by atoms with Gasteiger partial charge in [0.05, 0.1) is 15.8 Å². The fraction of sp³-hybridized carbons (Fsp3) is 0.480. The number of hydrogen-bond acceptors (Lipinski definition) is 6. The Balaban J connectivity index is 1.65. The molecular weight excluding hydrogens is 474 g/mol. The number of thiophene rings is 1. The number of benzene rings is 1. The van der Waals surface area contributed by atoms with Gasteiger partial charge >= 0.3 is 5.97 Å². The molecule has 1 unspecified atom stereocenters. The predicted octanol–water partition coefficient (Wildman–Crippen LogP) is 4.29. The number of fused-ring (bicyclic) bond motifs is 1. The van der Waals surface area contributed by atoms with Gasteiger partial charge in [-0.1, -0.05) is 24.1 Å². The van der Waals surface area contributed by atoms with E-state index < -0.39 is 6.04 Å². The molecule has 2 aromatic rings. The lowest BCUT2D eigenvalue weighted by Crippen LogP contribution is -2.43. The lowest BCUT2D eigenvalue weighted by Gasteiger charge is -2.19. The first-order chi connectivity index (χ1) is 16.4. The maximum Gasteiger partial charge on any atom is 0.305 e. The van der Waals surface area contributed by atoms with Crippen molar-refractivity contribution in [3.8, 4) is 0 Å². The number of nitrogens with zero attached hydrogens (tertiary/aromatic N) is 1. The summed E-state index contributed by atoms with van der Waals surface area (Å²) in [5.41, 5.74) is 3.27. The number of likely N-dealkylation sites (N-methyl/N-ethyl adjacent to an activating group) is 1. The Labute approximate surface area is 209 Å². The number of rotatable bonds is 10. The van der Waals surface area contributed by atoms with Gasteiger partial charge in [0.15, 0.2) is 0 Å². The van der Waals surface area contributed by atoms with Crippen LogP contribution in [0.25, 0.3) is 0 Å². The number of carbonyl (C=O) groups is 3. The molecule has 0 aliphatic carbocycles. The molecule has 0 fully saturated rings. The van der Waals surface area contributed by atoms with Crippen molar-refractivity contribution in [2.24, 2.45) is 0 Å². The maximum absolute atomic E-state index is 13.2. The fourth-order valence-corrected chi connectivity index (χ4v) is 4.88. The van der Waals surface area contributed by atoms with Crippen molar-refractivity contribution in [3.05, 3.63) is 50.7 Å². The summed E-state index contributed by atoms with van der Waals surface area (Å²) < 4.78 is 5.47. The summed E-state index contributed by atoms with van der Waals surface area (Å²) in [4.78, 5) is 40.2. The Hall–Kier alpha value is -2.42. The van der Waals surface area contributed by atoms with Crippen molar-refractivity contribution in [1.82, 2.24) is 10.2 Å². The van der Waals surface area contributed by atoms with Crippen LogP contribution in [0.5, 0.6) is 0 Å². The molecule has 1 aliphatic heterocycles. The van der Waals surface area contributed by atoms with Crippen LogP contribution >= 0.6 is 22.9 Å². The summed E-state index contributed by atoms with van der Waals surface area (Å²) in [7, 11) is 2.12. The summed E-state index contributed by atoms with van der Waals surface area (Å²) in [6.45, 7) is 4.12. The number of anilines is 1. The van der Waals surface area contributed by atoms with E-state index in [9.17, 15) is 14.4 Å². The third kappa shape index (κ3) is 7.82. The van der Waals surface area contributed by atoms with Crippen LogP contribution in [-0.2, 0) is 27.2 Å². The van der Waals surface area contributed by atoms with Gasteiger partial charge in [0.2, 0.25) is 5.91 Å². The summed E-state index contributed by atoms with van der Waals surface area (Å²) >= 11 is 7.13. The zero-order valence-corrected chi connectivity index (χ0v) is 21.3. The molecule has 0 radical (unpaired) electrons. The molecule has 184 valence electrons. The molecule has 2 amide bonds. The minimum absolute atomic E-state index is 0.253. The van der Waals surface area contributed by atoms with Gasteiger partial charge in [0, 0.05) is 25.2 Å². The lowest BCUT2D eigenvalue weighted by molar-refractivity contribution is -0.143. The van der Waals surface area contributed by atoms with E-state index >= 15 is 0 Å². The molecule has 1 aliphatic rings. The zero-order chi connectivity index (χ0) is 24.5. The number of hydrogen-bond donors (Lipinski definition) is 2. The molecule has 1 aromatic carbocycles. The van der Waals surface area contributed by atoms with E-state index in [1.807, 2.05) is 12.1 Å². The monoisotopic (exact) mass is 505 g/mol. The highest BCUT2D eigenvalue weighted by atomic mass is 35.5. The van der Waals surface area contributed by atoms with Gasteiger partial charge in [0.25, 0.3) is 5.91 Å². The quantitative estimate of drug-likeness (QED) is 0.371. The summed E-state index contributed by atoms with van der Waals surface area (Å²) in [5, 5.41) is 5.81. The second-order valence-electron chi connectivity index (χ2n) is 8.46. The molecular formula is C25H32ClN3O4S. The van der Waals surface area contributed by atoms with Crippen LogP contribution in [0.15, 0.2) is 30.3 Å². The lowest BCUT2D eigenvalue weighted by atomic mass is 10.0. The van der Waals surface area contributed by atoms with Gasteiger partial charge in [-0.05, 0) is 75.0 Å². The first-order valence-electron chi connectivity index (χ1n) is 11.7. The highest BCUT2D eigenvalue weighted by Gasteiger charge is 2.23.